The van der Waals surface area contributed by atoms with Crippen LogP contribution in [0, 0.1) is 5.92 Å². The number of nitrogens with zero attached hydrogens (tertiary/aromatic N) is 1. The van der Waals surface area contributed by atoms with Crippen LogP contribution >= 0.6 is 0 Å². The second-order valence-electron chi connectivity index (χ2n) is 5.67. The maximum absolute atomic E-state index is 12.0. The standard InChI is InChI=1S/C17H26N2O2/c1-2-3-12-21-17(20)19-11-7-8-15(14-19)13-18-16-9-5-4-6-10-16/h4-6,9-10,15,18H,2-3,7-8,11-14H2,1H3/t15-/m0/s1. The van der Waals surface area contributed by atoms with Crippen LogP contribution in [0.3, 0.4) is 0 Å². The van der Waals surface area contributed by atoms with E-state index in [1.165, 1.54) is 6.42 Å². The van der Waals surface area contributed by atoms with Crippen LogP contribution in [0.25, 0.3) is 0 Å². The van der Waals surface area contributed by atoms with Crippen molar-refractivity contribution in [1.82, 2.24) is 4.90 Å². The molecule has 0 radical (unpaired) electrons. The zero-order valence-electron chi connectivity index (χ0n) is 12.9. The van der Waals surface area contributed by atoms with Gasteiger partial charge in [-0.25, -0.2) is 4.79 Å². The first-order chi connectivity index (χ1) is 10.3. The number of carbonyl (C=O) groups excluding carboxylic acids is 1. The second-order valence-corrected chi connectivity index (χ2v) is 5.67. The van der Waals surface area contributed by atoms with Crippen LogP contribution in [0.5, 0.6) is 0 Å². The summed E-state index contributed by atoms with van der Waals surface area (Å²) in [5, 5.41) is 3.45. The summed E-state index contributed by atoms with van der Waals surface area (Å²) in [6.07, 6.45) is 4.07. The SMILES string of the molecule is CCCCOC(=O)N1CCC[C@@H](CNc2ccccc2)C1. The summed E-state index contributed by atoms with van der Waals surface area (Å²) in [7, 11) is 0. The van der Waals surface area contributed by atoms with Gasteiger partial charge in [-0.1, -0.05) is 31.5 Å². The van der Waals surface area contributed by atoms with Crippen molar-refractivity contribution in [3.05, 3.63) is 30.3 Å². The molecular weight excluding hydrogens is 264 g/mol. The number of hydrogen-bond donors (Lipinski definition) is 1. The Balaban J connectivity index is 1.74. The number of amides is 1. The van der Waals surface area contributed by atoms with E-state index < -0.39 is 0 Å². The van der Waals surface area contributed by atoms with Crippen molar-refractivity contribution in [3.8, 4) is 0 Å². The number of para-hydroxylation sites is 1. The number of benzene rings is 1. The van der Waals surface area contributed by atoms with Crippen molar-refractivity contribution in [1.29, 1.82) is 0 Å². The van der Waals surface area contributed by atoms with Gasteiger partial charge in [0.25, 0.3) is 0 Å². The minimum absolute atomic E-state index is 0.145. The van der Waals surface area contributed by atoms with Crippen molar-refractivity contribution in [2.24, 2.45) is 5.92 Å². The van der Waals surface area contributed by atoms with Crippen molar-refractivity contribution in [2.75, 3.05) is 31.6 Å². The Bertz CT molecular complexity index is 422. The summed E-state index contributed by atoms with van der Waals surface area (Å²) in [6.45, 7) is 5.17. The summed E-state index contributed by atoms with van der Waals surface area (Å²) < 4.78 is 5.30. The van der Waals surface area contributed by atoms with Crippen molar-refractivity contribution in [2.45, 2.75) is 32.6 Å². The predicted octanol–water partition coefficient (Wildman–Crippen LogP) is 3.75. The summed E-state index contributed by atoms with van der Waals surface area (Å²) >= 11 is 0. The third-order valence-electron chi connectivity index (χ3n) is 3.87. The molecule has 1 aliphatic heterocycles. The van der Waals surface area contributed by atoms with Gasteiger partial charge in [0.2, 0.25) is 0 Å². The minimum Gasteiger partial charge on any atom is -0.449 e. The van der Waals surface area contributed by atoms with Crippen molar-refractivity contribution >= 4 is 11.8 Å². The molecule has 1 aromatic rings. The highest BCUT2D eigenvalue weighted by Crippen LogP contribution is 2.18. The molecular formula is C17H26N2O2. The molecule has 0 aliphatic carbocycles. The molecule has 1 N–H and O–H groups in total. The molecule has 4 heteroatoms. The molecule has 2 rings (SSSR count). The van der Waals surface area contributed by atoms with Gasteiger partial charge in [-0.05, 0) is 37.3 Å². The van der Waals surface area contributed by atoms with Crippen LogP contribution in [-0.2, 0) is 4.74 Å². The average molecular weight is 290 g/mol. The molecule has 1 heterocycles. The second kappa shape index (κ2) is 8.55. The largest absolute Gasteiger partial charge is 0.449 e. The predicted molar refractivity (Wildman–Crippen MR) is 85.5 cm³/mol. The third kappa shape index (κ3) is 5.29. The number of piperidine rings is 1. The molecule has 1 fully saturated rings. The number of ether oxygens (including phenoxy) is 1. The van der Waals surface area contributed by atoms with Gasteiger partial charge < -0.3 is 15.0 Å². The highest BCUT2D eigenvalue weighted by molar-refractivity contribution is 5.67. The van der Waals surface area contributed by atoms with Gasteiger partial charge in [0, 0.05) is 25.3 Å². The molecule has 0 saturated carbocycles. The van der Waals surface area contributed by atoms with E-state index in [0.29, 0.717) is 12.5 Å². The topological polar surface area (TPSA) is 41.6 Å². The van der Waals surface area contributed by atoms with Gasteiger partial charge in [-0.3, -0.25) is 0 Å². The van der Waals surface area contributed by atoms with Gasteiger partial charge in [0.1, 0.15) is 0 Å². The summed E-state index contributed by atoms with van der Waals surface area (Å²) in [4.78, 5) is 13.8. The van der Waals surface area contributed by atoms with Crippen molar-refractivity contribution in [3.63, 3.8) is 0 Å². The van der Waals surface area contributed by atoms with Gasteiger partial charge in [-0.15, -0.1) is 0 Å². The minimum atomic E-state index is -0.145. The molecule has 1 amide bonds. The lowest BCUT2D eigenvalue weighted by Crippen LogP contribution is -2.42. The van der Waals surface area contributed by atoms with Gasteiger partial charge in [0.05, 0.1) is 6.61 Å². The summed E-state index contributed by atoms with van der Waals surface area (Å²) in [6, 6.07) is 10.2. The number of unbranched alkanes of at least 4 members (excludes halogenated alkanes) is 1. The quantitative estimate of drug-likeness (QED) is 0.811. The first-order valence-corrected chi connectivity index (χ1v) is 8.00. The lowest BCUT2D eigenvalue weighted by atomic mass is 9.98. The van der Waals surface area contributed by atoms with E-state index in [9.17, 15) is 4.79 Å². The van der Waals surface area contributed by atoms with E-state index in [0.717, 1.165) is 44.6 Å². The first kappa shape index (κ1) is 15.7. The zero-order valence-corrected chi connectivity index (χ0v) is 12.9. The number of hydrogen-bond acceptors (Lipinski definition) is 3. The molecule has 1 aliphatic rings. The normalized spacial score (nSPS) is 18.3. The number of anilines is 1. The van der Waals surface area contributed by atoms with Gasteiger partial charge in [-0.2, -0.15) is 0 Å². The zero-order chi connectivity index (χ0) is 14.9. The van der Waals surface area contributed by atoms with Crippen LogP contribution in [0.2, 0.25) is 0 Å². The molecule has 0 spiro atoms. The van der Waals surface area contributed by atoms with E-state index in [1.807, 2.05) is 23.1 Å². The average Bonchev–Trinajstić information content (AvgIpc) is 2.54. The molecule has 0 aromatic heterocycles. The van der Waals surface area contributed by atoms with E-state index in [2.05, 4.69) is 24.4 Å². The smallest absolute Gasteiger partial charge is 0.409 e. The van der Waals surface area contributed by atoms with Crippen LogP contribution in [0.4, 0.5) is 10.5 Å². The Morgan fingerprint density at radius 3 is 2.95 bits per heavy atom. The Morgan fingerprint density at radius 2 is 2.19 bits per heavy atom. The van der Waals surface area contributed by atoms with E-state index in [4.69, 9.17) is 4.74 Å². The first-order valence-electron chi connectivity index (χ1n) is 8.00. The van der Waals surface area contributed by atoms with Crippen LogP contribution in [0.1, 0.15) is 32.6 Å². The molecule has 4 nitrogen and oxygen atoms in total. The van der Waals surface area contributed by atoms with Crippen LogP contribution in [-0.4, -0.2) is 37.2 Å². The molecule has 1 atom stereocenters. The summed E-state index contributed by atoms with van der Waals surface area (Å²) in [5.41, 5.74) is 1.14. The number of rotatable bonds is 6. The molecule has 1 aromatic carbocycles. The number of likely N-dealkylation sites (tertiary alicyclic amines) is 1. The lowest BCUT2D eigenvalue weighted by Gasteiger charge is -2.32. The fourth-order valence-corrected chi connectivity index (χ4v) is 2.61. The Hall–Kier alpha value is -1.71. The Morgan fingerprint density at radius 1 is 1.38 bits per heavy atom. The summed E-state index contributed by atoms with van der Waals surface area (Å²) in [5.74, 6) is 0.498. The third-order valence-corrected chi connectivity index (χ3v) is 3.87. The fourth-order valence-electron chi connectivity index (χ4n) is 2.61. The van der Waals surface area contributed by atoms with Crippen LogP contribution in [0.15, 0.2) is 30.3 Å². The lowest BCUT2D eigenvalue weighted by molar-refractivity contribution is 0.0848. The van der Waals surface area contributed by atoms with E-state index in [1.54, 1.807) is 0 Å². The van der Waals surface area contributed by atoms with Crippen LogP contribution < -0.4 is 5.32 Å². The van der Waals surface area contributed by atoms with Gasteiger partial charge in [0.15, 0.2) is 0 Å². The maximum atomic E-state index is 12.0. The molecule has 0 unspecified atom stereocenters. The maximum Gasteiger partial charge on any atom is 0.409 e. The molecule has 21 heavy (non-hydrogen) atoms. The highest BCUT2D eigenvalue weighted by atomic mass is 16.6. The number of nitrogens with one attached hydrogen (secondary N) is 1. The van der Waals surface area contributed by atoms with Gasteiger partial charge >= 0.3 is 6.09 Å². The van der Waals surface area contributed by atoms with Crippen molar-refractivity contribution < 1.29 is 9.53 Å². The Kier molecular flexibility index (Phi) is 6.38. The molecule has 0 bridgehead atoms. The van der Waals surface area contributed by atoms with E-state index >= 15 is 0 Å². The monoisotopic (exact) mass is 290 g/mol. The molecule has 116 valence electrons. The highest BCUT2D eigenvalue weighted by Gasteiger charge is 2.24. The Labute approximate surface area is 127 Å². The number of carbonyl (C=O) groups is 1. The van der Waals surface area contributed by atoms with E-state index in [-0.39, 0.29) is 6.09 Å². The fraction of sp³-hybridized carbons (Fsp3) is 0.588. The molecule has 1 saturated heterocycles.